The lowest BCUT2D eigenvalue weighted by Crippen LogP contribution is -2.50. The van der Waals surface area contributed by atoms with E-state index in [-0.39, 0.29) is 54.3 Å². The van der Waals surface area contributed by atoms with Crippen LogP contribution >= 0.6 is 22.9 Å². The van der Waals surface area contributed by atoms with Crippen LogP contribution in [0.2, 0.25) is 5.02 Å². The van der Waals surface area contributed by atoms with Gasteiger partial charge in [-0.2, -0.15) is 4.98 Å². The highest BCUT2D eigenvalue weighted by Gasteiger charge is 2.48. The molecule has 4 fully saturated rings. The van der Waals surface area contributed by atoms with Crippen molar-refractivity contribution in [2.75, 3.05) is 63.9 Å². The fourth-order valence-corrected chi connectivity index (χ4v) is 14.2. The number of hydrogen-bond donors (Lipinski definition) is 4. The molecule has 4 atom stereocenters. The van der Waals surface area contributed by atoms with Crippen molar-refractivity contribution in [3.05, 3.63) is 116 Å². The van der Waals surface area contributed by atoms with Crippen molar-refractivity contribution < 1.29 is 19.8 Å². The van der Waals surface area contributed by atoms with Gasteiger partial charge in [-0.3, -0.25) is 23.9 Å². The zero-order valence-corrected chi connectivity index (χ0v) is 46.8. The summed E-state index contributed by atoms with van der Waals surface area (Å²) in [5.74, 6) is 7.31. The van der Waals surface area contributed by atoms with Gasteiger partial charge in [0.25, 0.3) is 5.56 Å². The maximum absolute atomic E-state index is 14.7. The molecule has 6 heterocycles. The van der Waals surface area contributed by atoms with Crippen LogP contribution in [-0.2, 0) is 15.0 Å². The highest BCUT2D eigenvalue weighted by atomic mass is 35.5. The highest BCUT2D eigenvalue weighted by molar-refractivity contribution is 7.13. The molecule has 2 saturated heterocycles. The van der Waals surface area contributed by atoms with Crippen LogP contribution in [0.4, 0.5) is 5.69 Å². The van der Waals surface area contributed by atoms with Gasteiger partial charge in [0.05, 0.1) is 68.4 Å². The number of rotatable bonds is 13. The van der Waals surface area contributed by atoms with E-state index in [9.17, 15) is 19.5 Å². The third kappa shape index (κ3) is 10.6. The van der Waals surface area contributed by atoms with Crippen molar-refractivity contribution in [1.82, 2.24) is 50.0 Å². The van der Waals surface area contributed by atoms with Crippen LogP contribution in [0.3, 0.4) is 0 Å². The number of carbonyl (C=O) groups is 2. The van der Waals surface area contributed by atoms with E-state index < -0.39 is 23.6 Å². The predicted octanol–water partition coefficient (Wildman–Crippen LogP) is 7.77. The number of aromatic nitrogens is 6. The average Bonchev–Trinajstić information content (AvgIpc) is 4.36. The Hall–Kier alpha value is -6.00. The molecule has 2 aliphatic carbocycles. The van der Waals surface area contributed by atoms with E-state index in [2.05, 4.69) is 70.3 Å². The topological polar surface area (TPSA) is 187 Å². The predicted molar refractivity (Wildman–Crippen MR) is 305 cm³/mol. The standard InChI is InChI=1S/C60H72ClN11O5S/c1-38(40-17-19-42(20-18-40)53-47(63-37-78-53)11-9-25-62-26-31-73)64-55(75)51-33-44(74)35-70(51)57(77)54(59(2,3)4)71-36-48(66-67-71)41-15-13-39(14-16-41)34-68-27-29-69(30-28-68)43-21-22-45-50(32-43)72-49-12-8-10-46(61)52(49)56(76)65-58(72)60(45)23-6-5-7-24-60/h8,10,12,17-22,32,36-39,41,44,51,54,62,73-74H,5-7,13-16,23-31,33-35H2,1-4H3,(H,64,75)/t38-,39?,41?,44+,51-,54+/m0/s1. The molecular weight excluding hydrogens is 1020 g/mol. The van der Waals surface area contributed by atoms with Gasteiger partial charge in [0.15, 0.2) is 0 Å². The molecule has 2 amide bonds. The fourth-order valence-electron chi connectivity index (χ4n) is 13.2. The first-order valence-electron chi connectivity index (χ1n) is 28.1. The number of nitrogens with zero attached hydrogens (tertiary/aromatic N) is 9. The maximum atomic E-state index is 14.7. The lowest BCUT2D eigenvalue weighted by molar-refractivity contribution is -0.144. The molecule has 78 heavy (non-hydrogen) atoms. The molecule has 3 aromatic carbocycles. The van der Waals surface area contributed by atoms with Crippen molar-refractivity contribution >= 4 is 51.3 Å². The van der Waals surface area contributed by atoms with Gasteiger partial charge in [0.1, 0.15) is 23.6 Å². The fraction of sp³-hybridized carbons (Fsp3) is 0.517. The SMILES string of the molecule is C[C@H](NC(=O)[C@@H]1C[C@@H](O)CN1C(=O)[C@@H](n1cc(C2CCC(CN3CCN(c4ccc5c(c4)-n4c(nc(=O)c6c(Cl)cccc64)C54CCCCC4)CC3)CC2)nn1)C(C)(C)C)c1ccc(-c2scnc2C#CCNCCO)cc1. The van der Waals surface area contributed by atoms with Crippen LogP contribution in [0, 0.1) is 23.2 Å². The molecule has 3 aromatic heterocycles. The number of likely N-dealkylation sites (tertiary alicyclic amines) is 1. The number of amides is 2. The number of anilines is 1. The smallest absolute Gasteiger partial charge is 0.282 e. The van der Waals surface area contributed by atoms with Gasteiger partial charge in [-0.15, -0.1) is 16.4 Å². The zero-order chi connectivity index (χ0) is 54.3. The van der Waals surface area contributed by atoms with E-state index in [0.29, 0.717) is 35.1 Å². The second-order valence-electron chi connectivity index (χ2n) is 23.4. The van der Waals surface area contributed by atoms with Crippen LogP contribution in [0.15, 0.2) is 77.2 Å². The number of nitrogens with one attached hydrogen (secondary N) is 2. The summed E-state index contributed by atoms with van der Waals surface area (Å²) in [6, 6.07) is 18.7. The second kappa shape index (κ2) is 22.6. The van der Waals surface area contributed by atoms with Gasteiger partial charge in [0, 0.05) is 70.0 Å². The molecule has 18 heteroatoms. The maximum Gasteiger partial charge on any atom is 0.282 e. The van der Waals surface area contributed by atoms with Gasteiger partial charge in [-0.1, -0.05) is 99.2 Å². The average molecular weight is 1090 g/mol. The van der Waals surface area contributed by atoms with Crippen LogP contribution in [0.25, 0.3) is 27.0 Å². The molecule has 11 rings (SSSR count). The van der Waals surface area contributed by atoms with E-state index in [1.807, 2.05) is 70.3 Å². The Morgan fingerprint density at radius 1 is 0.987 bits per heavy atom. The Kier molecular flexibility index (Phi) is 15.7. The molecular formula is C60H72ClN11O5S. The lowest BCUT2D eigenvalue weighted by Gasteiger charge is -2.39. The summed E-state index contributed by atoms with van der Waals surface area (Å²) in [4.78, 5) is 59.1. The minimum Gasteiger partial charge on any atom is -0.395 e. The molecule has 410 valence electrons. The minimum atomic E-state index is -0.843. The summed E-state index contributed by atoms with van der Waals surface area (Å²) in [5, 5.41) is 36.3. The largest absolute Gasteiger partial charge is 0.395 e. The minimum absolute atomic E-state index is 0.0550. The molecule has 4 N–H and O–H groups in total. The number of fused-ring (bicyclic) bond motifs is 7. The summed E-state index contributed by atoms with van der Waals surface area (Å²) in [6.07, 6.45) is 10.9. The van der Waals surface area contributed by atoms with Gasteiger partial charge in [-0.05, 0) is 104 Å². The Morgan fingerprint density at radius 3 is 2.50 bits per heavy atom. The van der Waals surface area contributed by atoms with Gasteiger partial charge < -0.3 is 30.6 Å². The Bertz CT molecular complexity index is 3280. The molecule has 0 bridgehead atoms. The number of β-amino-alcohol motifs (C(OH)–C–C–N with tert-alkyl or cyclic N) is 1. The van der Waals surface area contributed by atoms with Gasteiger partial charge in [0.2, 0.25) is 11.8 Å². The first-order valence-corrected chi connectivity index (χ1v) is 29.4. The highest BCUT2D eigenvalue weighted by Crippen LogP contribution is 2.52. The summed E-state index contributed by atoms with van der Waals surface area (Å²) >= 11 is 8.16. The van der Waals surface area contributed by atoms with E-state index in [1.54, 1.807) is 21.2 Å². The molecule has 2 saturated carbocycles. The lowest BCUT2D eigenvalue weighted by atomic mass is 9.70. The van der Waals surface area contributed by atoms with E-state index in [0.717, 1.165) is 123 Å². The van der Waals surface area contributed by atoms with E-state index >= 15 is 0 Å². The molecule has 3 aliphatic heterocycles. The number of thiazole rings is 1. The van der Waals surface area contributed by atoms with Crippen molar-refractivity contribution in [1.29, 1.82) is 0 Å². The van der Waals surface area contributed by atoms with Crippen LogP contribution in [-0.4, -0.2) is 132 Å². The first-order chi connectivity index (χ1) is 37.7. The first kappa shape index (κ1) is 54.0. The van der Waals surface area contributed by atoms with E-state index in [1.165, 1.54) is 29.0 Å². The van der Waals surface area contributed by atoms with Gasteiger partial charge >= 0.3 is 0 Å². The van der Waals surface area contributed by atoms with E-state index in [4.69, 9.17) is 21.7 Å². The number of benzene rings is 3. The monoisotopic (exact) mass is 1090 g/mol. The Labute approximate surface area is 465 Å². The summed E-state index contributed by atoms with van der Waals surface area (Å²) in [5.41, 5.74) is 8.61. The normalized spacial score (nSPS) is 22.0. The number of halogens is 1. The van der Waals surface area contributed by atoms with Crippen LogP contribution < -0.4 is 21.1 Å². The summed E-state index contributed by atoms with van der Waals surface area (Å²) in [6.45, 7) is 13.9. The second-order valence-corrected chi connectivity index (χ2v) is 24.7. The molecule has 6 aromatic rings. The van der Waals surface area contributed by atoms with Crippen LogP contribution in [0.1, 0.15) is 138 Å². The van der Waals surface area contributed by atoms with Crippen LogP contribution in [0.5, 0.6) is 0 Å². The summed E-state index contributed by atoms with van der Waals surface area (Å²) in [7, 11) is 0. The molecule has 5 aliphatic rings. The van der Waals surface area contributed by atoms with Crippen molar-refractivity contribution in [2.45, 2.75) is 127 Å². The van der Waals surface area contributed by atoms with Crippen molar-refractivity contribution in [2.24, 2.45) is 11.3 Å². The number of piperazine rings is 1. The number of aliphatic hydroxyl groups is 2. The van der Waals surface area contributed by atoms with Crippen molar-refractivity contribution in [3.8, 4) is 28.0 Å². The quantitative estimate of drug-likeness (QED) is 0.0652. The molecule has 0 radical (unpaired) electrons. The van der Waals surface area contributed by atoms with Gasteiger partial charge in [-0.25, -0.2) is 9.67 Å². The number of carbonyl (C=O) groups excluding carboxylic acids is 2. The van der Waals surface area contributed by atoms with Crippen molar-refractivity contribution in [3.63, 3.8) is 0 Å². The molecule has 0 unspecified atom stereocenters. The third-order valence-electron chi connectivity index (χ3n) is 17.3. The summed E-state index contributed by atoms with van der Waals surface area (Å²) < 4.78 is 3.94. The molecule has 16 nitrogen and oxygen atoms in total. The third-order valence-corrected chi connectivity index (χ3v) is 18.5. The number of aliphatic hydroxyl groups excluding tert-OH is 2. The zero-order valence-electron chi connectivity index (χ0n) is 45.3. The Balaban J connectivity index is 0.690. The Morgan fingerprint density at radius 2 is 1.76 bits per heavy atom. The number of hydrogen-bond acceptors (Lipinski definition) is 13. The molecule has 1 spiro atoms.